The molecule has 3 aromatic carbocycles. The van der Waals surface area contributed by atoms with Crippen LogP contribution in [0.15, 0.2) is 78.9 Å². The lowest BCUT2D eigenvalue weighted by molar-refractivity contribution is 0.00727. The minimum absolute atomic E-state index is 0.344. The highest BCUT2D eigenvalue weighted by molar-refractivity contribution is 5.52. The molecule has 0 atom stereocenters. The van der Waals surface area contributed by atoms with Gasteiger partial charge >= 0.3 is 0 Å². The van der Waals surface area contributed by atoms with Gasteiger partial charge in [-0.25, -0.2) is 0 Å². The quantitative estimate of drug-likeness (QED) is 0.588. The third-order valence-corrected chi connectivity index (χ3v) is 7.61. The second kappa shape index (κ2) is 9.30. The van der Waals surface area contributed by atoms with Gasteiger partial charge in [-0.3, -0.25) is 9.80 Å². The molecule has 0 aliphatic carbocycles. The zero-order valence-electron chi connectivity index (χ0n) is 19.3. The van der Waals surface area contributed by atoms with Crippen LogP contribution in [0.1, 0.15) is 28.3 Å². The van der Waals surface area contributed by atoms with Crippen molar-refractivity contribution in [3.05, 3.63) is 101 Å². The average Bonchev–Trinajstić information content (AvgIpc) is 2.87. The average molecular weight is 440 g/mol. The molecular formula is C29H33N3O. The number of benzene rings is 3. The predicted octanol–water partition coefficient (Wildman–Crippen LogP) is 4.36. The summed E-state index contributed by atoms with van der Waals surface area (Å²) in [7, 11) is 0. The van der Waals surface area contributed by atoms with Crippen molar-refractivity contribution in [1.29, 1.82) is 0 Å². The first kappa shape index (κ1) is 20.9. The summed E-state index contributed by atoms with van der Waals surface area (Å²) in [5.41, 5.74) is 7.20. The Kier molecular flexibility index (Phi) is 5.89. The lowest BCUT2D eigenvalue weighted by Crippen LogP contribution is -2.60. The molecule has 3 heterocycles. The maximum atomic E-state index is 5.52. The highest BCUT2D eigenvalue weighted by Gasteiger charge is 2.38. The third-order valence-electron chi connectivity index (χ3n) is 7.61. The van der Waals surface area contributed by atoms with Gasteiger partial charge in [0, 0.05) is 51.0 Å². The molecule has 6 rings (SSSR count). The fourth-order valence-electron chi connectivity index (χ4n) is 5.71. The standard InChI is InChI=1S/C29H33N3O/c1-3-7-23(8-4-1)29(24-9-5-2-6-10-24)32-21-28(22-32)31-14-13-25-19-27(12-11-26(25)20-31)30-15-17-33-18-16-30/h1-12,19,28-29H,13-18,20-22H2. The van der Waals surface area contributed by atoms with E-state index in [-0.39, 0.29) is 0 Å². The maximum absolute atomic E-state index is 5.52. The smallest absolute Gasteiger partial charge is 0.0642 e. The van der Waals surface area contributed by atoms with Crippen molar-refractivity contribution in [3.63, 3.8) is 0 Å². The zero-order chi connectivity index (χ0) is 22.0. The van der Waals surface area contributed by atoms with Crippen molar-refractivity contribution in [3.8, 4) is 0 Å². The summed E-state index contributed by atoms with van der Waals surface area (Å²) >= 11 is 0. The first-order valence-electron chi connectivity index (χ1n) is 12.4. The van der Waals surface area contributed by atoms with Gasteiger partial charge in [0.25, 0.3) is 0 Å². The van der Waals surface area contributed by atoms with Crippen LogP contribution in [0.2, 0.25) is 0 Å². The van der Waals surface area contributed by atoms with Crippen molar-refractivity contribution in [1.82, 2.24) is 9.80 Å². The van der Waals surface area contributed by atoms with Crippen molar-refractivity contribution in [2.75, 3.05) is 50.8 Å². The molecule has 0 unspecified atom stereocenters. The molecular weight excluding hydrogens is 406 g/mol. The van der Waals surface area contributed by atoms with Crippen LogP contribution in [0.3, 0.4) is 0 Å². The number of hydrogen-bond donors (Lipinski definition) is 0. The van der Waals surface area contributed by atoms with Gasteiger partial charge in [-0.1, -0.05) is 66.7 Å². The molecule has 0 amide bonds. The summed E-state index contributed by atoms with van der Waals surface area (Å²) in [5, 5.41) is 0. The summed E-state index contributed by atoms with van der Waals surface area (Å²) in [4.78, 5) is 7.82. The summed E-state index contributed by atoms with van der Waals surface area (Å²) in [6, 6.07) is 30.1. The van der Waals surface area contributed by atoms with Gasteiger partial charge in [0.15, 0.2) is 0 Å². The van der Waals surface area contributed by atoms with Gasteiger partial charge in [-0.15, -0.1) is 0 Å². The van der Waals surface area contributed by atoms with Crippen LogP contribution in [0.5, 0.6) is 0 Å². The van der Waals surface area contributed by atoms with Crippen LogP contribution < -0.4 is 4.90 Å². The van der Waals surface area contributed by atoms with Crippen molar-refractivity contribution >= 4 is 5.69 Å². The molecule has 0 saturated carbocycles. The van der Waals surface area contributed by atoms with Crippen molar-refractivity contribution in [2.45, 2.75) is 25.0 Å². The molecule has 4 nitrogen and oxygen atoms in total. The molecule has 0 N–H and O–H groups in total. The molecule has 0 spiro atoms. The number of hydrogen-bond acceptors (Lipinski definition) is 4. The molecule has 0 aromatic heterocycles. The number of morpholine rings is 1. The van der Waals surface area contributed by atoms with Crippen LogP contribution in [0, 0.1) is 0 Å². The highest BCUT2D eigenvalue weighted by Crippen LogP contribution is 2.35. The fraction of sp³-hybridized carbons (Fsp3) is 0.379. The Morgan fingerprint density at radius 2 is 1.39 bits per heavy atom. The third kappa shape index (κ3) is 4.31. The largest absolute Gasteiger partial charge is 0.378 e. The molecule has 4 heteroatoms. The van der Waals surface area contributed by atoms with E-state index in [0.717, 1.165) is 52.4 Å². The topological polar surface area (TPSA) is 19.0 Å². The van der Waals surface area contributed by atoms with Crippen LogP contribution in [0.4, 0.5) is 5.69 Å². The molecule has 0 radical (unpaired) electrons. The van der Waals surface area contributed by atoms with E-state index in [0.29, 0.717) is 12.1 Å². The van der Waals surface area contributed by atoms with Gasteiger partial charge in [0.05, 0.1) is 19.3 Å². The second-order valence-electron chi connectivity index (χ2n) is 9.60. The molecule has 170 valence electrons. The number of ether oxygens (including phenoxy) is 1. The first-order chi connectivity index (χ1) is 16.3. The van der Waals surface area contributed by atoms with E-state index >= 15 is 0 Å². The van der Waals surface area contributed by atoms with E-state index in [4.69, 9.17) is 4.74 Å². The summed E-state index contributed by atoms with van der Waals surface area (Å²) < 4.78 is 5.52. The zero-order valence-corrected chi connectivity index (χ0v) is 19.3. The number of rotatable bonds is 5. The minimum atomic E-state index is 0.344. The van der Waals surface area contributed by atoms with Gasteiger partial charge in [0.1, 0.15) is 0 Å². The van der Waals surface area contributed by atoms with Crippen LogP contribution in [-0.2, 0) is 17.7 Å². The van der Waals surface area contributed by atoms with Crippen LogP contribution in [0.25, 0.3) is 0 Å². The second-order valence-corrected chi connectivity index (χ2v) is 9.60. The van der Waals surface area contributed by atoms with Crippen molar-refractivity contribution < 1.29 is 4.74 Å². The number of likely N-dealkylation sites (tertiary alicyclic amines) is 1. The van der Waals surface area contributed by atoms with Gasteiger partial charge in [0.2, 0.25) is 0 Å². The Morgan fingerprint density at radius 1 is 0.727 bits per heavy atom. The molecule has 3 aliphatic rings. The van der Waals surface area contributed by atoms with Gasteiger partial charge < -0.3 is 9.64 Å². The molecule has 3 aliphatic heterocycles. The highest BCUT2D eigenvalue weighted by atomic mass is 16.5. The van der Waals surface area contributed by atoms with Gasteiger partial charge in [-0.2, -0.15) is 0 Å². The Hall–Kier alpha value is -2.66. The molecule has 2 fully saturated rings. The monoisotopic (exact) mass is 439 g/mol. The number of nitrogens with zero attached hydrogens (tertiary/aromatic N) is 3. The molecule has 33 heavy (non-hydrogen) atoms. The Labute approximate surface area is 197 Å². The summed E-state index contributed by atoms with van der Waals surface area (Å²) in [6.45, 7) is 8.22. The Morgan fingerprint density at radius 3 is 2.06 bits per heavy atom. The predicted molar refractivity (Wildman–Crippen MR) is 134 cm³/mol. The van der Waals surface area contributed by atoms with Crippen LogP contribution >= 0.6 is 0 Å². The molecule has 0 bridgehead atoms. The summed E-state index contributed by atoms with van der Waals surface area (Å²) in [5.74, 6) is 0. The number of anilines is 1. The van der Waals surface area contributed by atoms with E-state index in [1.165, 1.54) is 34.5 Å². The van der Waals surface area contributed by atoms with Crippen molar-refractivity contribution in [2.24, 2.45) is 0 Å². The van der Waals surface area contributed by atoms with E-state index in [1.807, 2.05) is 0 Å². The number of fused-ring (bicyclic) bond motifs is 1. The van der Waals surface area contributed by atoms with Gasteiger partial charge in [-0.05, 0) is 40.8 Å². The summed E-state index contributed by atoms with van der Waals surface area (Å²) in [6.07, 6.45) is 1.16. The fourth-order valence-corrected chi connectivity index (χ4v) is 5.71. The Bertz CT molecular complexity index is 1020. The van der Waals surface area contributed by atoms with E-state index in [1.54, 1.807) is 0 Å². The van der Waals surface area contributed by atoms with Crippen LogP contribution in [-0.4, -0.2) is 61.8 Å². The van der Waals surface area contributed by atoms with E-state index < -0.39 is 0 Å². The minimum Gasteiger partial charge on any atom is -0.378 e. The molecule has 3 aromatic rings. The molecule has 2 saturated heterocycles. The normalized spacial score (nSPS) is 20.0. The maximum Gasteiger partial charge on any atom is 0.0642 e. The SMILES string of the molecule is c1ccc(C(c2ccccc2)N2CC(N3CCc4cc(N5CCOCC5)ccc4C3)C2)cc1. The first-order valence-corrected chi connectivity index (χ1v) is 12.4. The lowest BCUT2D eigenvalue weighted by atomic mass is 9.91. The Balaban J connectivity index is 1.13. The van der Waals surface area contributed by atoms with E-state index in [2.05, 4.69) is 93.6 Å². The lowest BCUT2D eigenvalue weighted by Gasteiger charge is -2.50. The van der Waals surface area contributed by atoms with E-state index in [9.17, 15) is 0 Å².